The van der Waals surface area contributed by atoms with Crippen LogP contribution in [0.1, 0.15) is 12.0 Å². The molecule has 3 aliphatic heterocycles. The van der Waals surface area contributed by atoms with Crippen molar-refractivity contribution >= 4 is 32.9 Å². The number of nitrogens with zero attached hydrogens (tertiary/aromatic N) is 6. The molecule has 6 rings (SSSR count). The van der Waals surface area contributed by atoms with Gasteiger partial charge >= 0.3 is 0 Å². The number of imidazole rings is 1. The number of nitrogens with one attached hydrogen (secondary N) is 1. The minimum Gasteiger partial charge on any atom is -0.346 e. The zero-order chi connectivity index (χ0) is 16.1. The van der Waals surface area contributed by atoms with Crippen molar-refractivity contribution in [3.8, 4) is 0 Å². The van der Waals surface area contributed by atoms with Gasteiger partial charge in [-0.25, -0.2) is 15.0 Å². The molecule has 2 bridgehead atoms. The molecule has 3 fully saturated rings. The number of fused-ring (bicyclic) bond motifs is 3. The first-order valence-electron chi connectivity index (χ1n) is 8.02. The number of aromatic nitrogens is 5. The highest BCUT2D eigenvalue weighted by atomic mass is 79.9. The molecule has 2 unspecified atom stereocenters. The van der Waals surface area contributed by atoms with Crippen LogP contribution in [0.25, 0.3) is 11.2 Å². The Morgan fingerprint density at radius 3 is 2.88 bits per heavy atom. The van der Waals surface area contributed by atoms with E-state index in [1.807, 2.05) is 12.4 Å². The molecule has 7 nitrogen and oxygen atoms in total. The standard InChI is InChI=1S/C16H16BrN7/c17-11-1-10(3-18-4-11)5-23-6-12-2-13(7-23)24(12)16-14-15(20-8-19-14)21-9-22-16/h1,3-4,8-9,12-13H,2,5-7H2,(H,19,20,21,22). The summed E-state index contributed by atoms with van der Waals surface area (Å²) in [6.45, 7) is 3.03. The summed E-state index contributed by atoms with van der Waals surface area (Å²) in [6.07, 6.45) is 8.29. The number of pyridine rings is 1. The monoisotopic (exact) mass is 385 g/mol. The van der Waals surface area contributed by atoms with E-state index in [0.29, 0.717) is 12.1 Å². The van der Waals surface area contributed by atoms with E-state index in [0.717, 1.165) is 41.1 Å². The quantitative estimate of drug-likeness (QED) is 0.742. The first-order chi connectivity index (χ1) is 11.8. The summed E-state index contributed by atoms with van der Waals surface area (Å²) in [6, 6.07) is 3.15. The largest absolute Gasteiger partial charge is 0.346 e. The van der Waals surface area contributed by atoms with E-state index in [4.69, 9.17) is 0 Å². The summed E-state index contributed by atoms with van der Waals surface area (Å²) in [4.78, 5) is 25.3. The van der Waals surface area contributed by atoms with E-state index in [1.165, 1.54) is 12.0 Å². The van der Waals surface area contributed by atoms with E-state index in [9.17, 15) is 0 Å². The summed E-state index contributed by atoms with van der Waals surface area (Å²) >= 11 is 3.49. The third-order valence-corrected chi connectivity index (χ3v) is 5.32. The topological polar surface area (TPSA) is 73.8 Å². The van der Waals surface area contributed by atoms with Crippen LogP contribution >= 0.6 is 15.9 Å². The van der Waals surface area contributed by atoms with E-state index in [2.05, 4.69) is 56.7 Å². The van der Waals surface area contributed by atoms with E-state index in [1.54, 1.807) is 12.7 Å². The van der Waals surface area contributed by atoms with Crippen LogP contribution in [0.3, 0.4) is 0 Å². The lowest BCUT2D eigenvalue weighted by Gasteiger charge is -2.57. The first kappa shape index (κ1) is 14.3. The average molecular weight is 386 g/mol. The molecule has 8 heteroatoms. The second-order valence-corrected chi connectivity index (χ2v) is 7.37. The lowest BCUT2D eigenvalue weighted by molar-refractivity contribution is 0.108. The van der Waals surface area contributed by atoms with E-state index < -0.39 is 0 Å². The van der Waals surface area contributed by atoms with Gasteiger partial charge in [0.1, 0.15) is 11.8 Å². The number of H-pyrrole nitrogens is 1. The molecule has 1 N–H and O–H groups in total. The molecular weight excluding hydrogens is 370 g/mol. The van der Waals surface area contributed by atoms with Crippen LogP contribution in [-0.2, 0) is 6.54 Å². The zero-order valence-corrected chi connectivity index (χ0v) is 14.5. The van der Waals surface area contributed by atoms with Crippen LogP contribution in [0.15, 0.2) is 35.6 Å². The first-order valence-corrected chi connectivity index (χ1v) is 8.81. The summed E-state index contributed by atoms with van der Waals surface area (Å²) in [5, 5.41) is 0. The minimum atomic E-state index is 0.505. The van der Waals surface area contributed by atoms with Gasteiger partial charge in [-0.2, -0.15) is 0 Å². The second kappa shape index (κ2) is 5.49. The Balaban J connectivity index is 1.35. The number of rotatable bonds is 3. The second-order valence-electron chi connectivity index (χ2n) is 6.45. The molecule has 0 saturated carbocycles. The van der Waals surface area contributed by atoms with Crippen LogP contribution in [-0.4, -0.2) is 55.0 Å². The average Bonchev–Trinajstić information content (AvgIpc) is 3.04. The summed E-state index contributed by atoms with van der Waals surface area (Å²) in [7, 11) is 0. The number of piperazine rings is 1. The molecule has 3 saturated heterocycles. The Morgan fingerprint density at radius 2 is 2.04 bits per heavy atom. The maximum Gasteiger partial charge on any atom is 0.182 e. The Kier molecular flexibility index (Phi) is 3.27. The van der Waals surface area contributed by atoms with Crippen LogP contribution in [0, 0.1) is 0 Å². The fourth-order valence-electron chi connectivity index (χ4n) is 3.92. The van der Waals surface area contributed by atoms with Gasteiger partial charge in [0.05, 0.1) is 6.33 Å². The van der Waals surface area contributed by atoms with Gasteiger partial charge < -0.3 is 9.88 Å². The fourth-order valence-corrected chi connectivity index (χ4v) is 4.33. The van der Waals surface area contributed by atoms with Crippen molar-refractivity contribution in [3.05, 3.63) is 41.2 Å². The predicted molar refractivity (Wildman–Crippen MR) is 93.6 cm³/mol. The smallest absolute Gasteiger partial charge is 0.182 e. The third kappa shape index (κ3) is 2.29. The molecule has 3 aliphatic rings. The van der Waals surface area contributed by atoms with Gasteiger partial charge in [0.2, 0.25) is 0 Å². The normalized spacial score (nSPS) is 23.5. The van der Waals surface area contributed by atoms with Crippen molar-refractivity contribution in [3.63, 3.8) is 0 Å². The Hall–Kier alpha value is -2.06. The highest BCUT2D eigenvalue weighted by Gasteiger charge is 2.45. The van der Waals surface area contributed by atoms with E-state index >= 15 is 0 Å². The van der Waals surface area contributed by atoms with Crippen molar-refractivity contribution in [1.82, 2.24) is 29.8 Å². The molecule has 2 atom stereocenters. The molecule has 0 aromatic carbocycles. The van der Waals surface area contributed by atoms with E-state index in [-0.39, 0.29) is 0 Å². The zero-order valence-electron chi connectivity index (χ0n) is 12.9. The molecule has 6 heterocycles. The minimum absolute atomic E-state index is 0.505. The van der Waals surface area contributed by atoms with Crippen molar-refractivity contribution in [2.24, 2.45) is 0 Å². The van der Waals surface area contributed by atoms with Crippen LogP contribution < -0.4 is 4.90 Å². The molecule has 24 heavy (non-hydrogen) atoms. The van der Waals surface area contributed by atoms with Crippen LogP contribution in [0.4, 0.5) is 5.82 Å². The number of aromatic amines is 1. The summed E-state index contributed by atoms with van der Waals surface area (Å²) < 4.78 is 1.03. The maximum atomic E-state index is 4.51. The van der Waals surface area contributed by atoms with Gasteiger partial charge in [0.15, 0.2) is 11.5 Å². The van der Waals surface area contributed by atoms with Gasteiger partial charge in [-0.05, 0) is 34.0 Å². The highest BCUT2D eigenvalue weighted by Crippen LogP contribution is 2.38. The SMILES string of the molecule is Brc1cncc(CN2CC3CC(C2)N3c2ncnc3nc[nH]c23)c1. The third-order valence-electron chi connectivity index (χ3n) is 4.88. The highest BCUT2D eigenvalue weighted by molar-refractivity contribution is 9.10. The summed E-state index contributed by atoms with van der Waals surface area (Å²) in [5.41, 5.74) is 2.93. The molecular formula is C16H16BrN7. The van der Waals surface area contributed by atoms with Gasteiger partial charge in [0, 0.05) is 48.6 Å². The van der Waals surface area contributed by atoms with Crippen molar-refractivity contribution in [2.75, 3.05) is 18.0 Å². The predicted octanol–water partition coefficient (Wildman–Crippen LogP) is 1.97. The molecule has 122 valence electrons. The molecule has 0 aliphatic carbocycles. The van der Waals surface area contributed by atoms with Gasteiger partial charge in [-0.3, -0.25) is 9.88 Å². The van der Waals surface area contributed by atoms with Gasteiger partial charge in [-0.1, -0.05) is 0 Å². The van der Waals surface area contributed by atoms with Crippen LogP contribution in [0.5, 0.6) is 0 Å². The lowest BCUT2D eigenvalue weighted by Crippen LogP contribution is -2.69. The maximum absolute atomic E-state index is 4.51. The molecule has 3 aromatic heterocycles. The molecule has 0 amide bonds. The molecule has 0 spiro atoms. The van der Waals surface area contributed by atoms with Crippen molar-refractivity contribution in [2.45, 2.75) is 25.0 Å². The number of halogens is 1. The van der Waals surface area contributed by atoms with Crippen molar-refractivity contribution < 1.29 is 0 Å². The Morgan fingerprint density at radius 1 is 1.17 bits per heavy atom. The number of piperidine rings is 1. The van der Waals surface area contributed by atoms with Gasteiger partial charge in [-0.15, -0.1) is 0 Å². The number of anilines is 1. The van der Waals surface area contributed by atoms with Crippen molar-refractivity contribution in [1.29, 1.82) is 0 Å². The van der Waals surface area contributed by atoms with Gasteiger partial charge in [0.25, 0.3) is 0 Å². The lowest BCUT2D eigenvalue weighted by atomic mass is 9.87. The number of hydrogen-bond donors (Lipinski definition) is 1. The number of hydrogen-bond acceptors (Lipinski definition) is 6. The Labute approximate surface area is 147 Å². The molecule has 0 radical (unpaired) electrons. The fraction of sp³-hybridized carbons (Fsp3) is 0.375. The van der Waals surface area contributed by atoms with Crippen LogP contribution in [0.2, 0.25) is 0 Å². The molecule has 3 aromatic rings. The summed E-state index contributed by atoms with van der Waals surface area (Å²) in [5.74, 6) is 0.988. The Bertz CT molecular complexity index is 883.